The molecule has 2 aromatic rings. The zero-order valence-corrected chi connectivity index (χ0v) is 14.7. The van der Waals surface area contributed by atoms with E-state index in [0.29, 0.717) is 18.5 Å². The van der Waals surface area contributed by atoms with Crippen molar-refractivity contribution in [3.8, 4) is 0 Å². The van der Waals surface area contributed by atoms with Gasteiger partial charge in [-0.15, -0.1) is 0 Å². The van der Waals surface area contributed by atoms with Crippen LogP contribution in [0, 0.1) is 12.3 Å². The highest BCUT2D eigenvalue weighted by molar-refractivity contribution is 6.00. The molecule has 1 fully saturated rings. The molecule has 1 aliphatic carbocycles. The molecule has 26 heavy (non-hydrogen) atoms. The lowest BCUT2D eigenvalue weighted by molar-refractivity contribution is -0.126. The number of nitrogens with one attached hydrogen (secondary N) is 1. The molecule has 1 atom stereocenters. The average Bonchev–Trinajstić information content (AvgIpc) is 2.97. The second-order valence-electron chi connectivity index (χ2n) is 7.25. The molecule has 1 aliphatic heterocycles. The van der Waals surface area contributed by atoms with Crippen molar-refractivity contribution in [1.29, 1.82) is 0 Å². The van der Waals surface area contributed by atoms with Gasteiger partial charge in [0.1, 0.15) is 0 Å². The highest BCUT2D eigenvalue weighted by atomic mass is 16.5. The molecule has 6 heteroatoms. The molecule has 1 aromatic heterocycles. The van der Waals surface area contributed by atoms with Crippen LogP contribution in [0.5, 0.6) is 0 Å². The zero-order valence-electron chi connectivity index (χ0n) is 14.7. The first kappa shape index (κ1) is 16.7. The minimum atomic E-state index is -0.511. The minimum Gasteiger partial charge on any atom is -0.310 e. The molecule has 1 aromatic carbocycles. The quantitative estimate of drug-likeness (QED) is 0.643. The van der Waals surface area contributed by atoms with Gasteiger partial charge in [0.25, 0.3) is 5.91 Å². The van der Waals surface area contributed by atoms with E-state index in [1.54, 1.807) is 23.9 Å². The maximum atomic E-state index is 13.3. The predicted molar refractivity (Wildman–Crippen MR) is 96.1 cm³/mol. The highest BCUT2D eigenvalue weighted by Crippen LogP contribution is 2.45. The van der Waals surface area contributed by atoms with E-state index >= 15 is 0 Å². The topological polar surface area (TPSA) is 82.5 Å². The maximum absolute atomic E-state index is 13.3. The number of hydrogen-bond donors (Lipinski definition) is 2. The fraction of sp³-hybridized carbons (Fsp3) is 0.350. The van der Waals surface area contributed by atoms with Crippen molar-refractivity contribution < 1.29 is 14.8 Å². The van der Waals surface area contributed by atoms with Gasteiger partial charge in [0.05, 0.1) is 17.3 Å². The van der Waals surface area contributed by atoms with Gasteiger partial charge in [0.2, 0.25) is 5.91 Å². The SMILES string of the molecule is Cc1ccncc1N1CCC2(CCc3cc(C(=O)NO)ccc3C2)C1=O. The summed E-state index contributed by atoms with van der Waals surface area (Å²) in [5.74, 6) is -0.334. The van der Waals surface area contributed by atoms with Crippen molar-refractivity contribution in [3.63, 3.8) is 0 Å². The van der Waals surface area contributed by atoms with Gasteiger partial charge in [0.15, 0.2) is 0 Å². The number of aromatic nitrogens is 1. The summed E-state index contributed by atoms with van der Waals surface area (Å²) >= 11 is 0. The third kappa shape index (κ3) is 2.57. The number of carbonyl (C=O) groups excluding carboxylic acids is 2. The van der Waals surface area contributed by atoms with Crippen LogP contribution in [0.3, 0.4) is 0 Å². The lowest BCUT2D eigenvalue weighted by Crippen LogP contribution is -2.39. The number of hydrogen-bond acceptors (Lipinski definition) is 4. The summed E-state index contributed by atoms with van der Waals surface area (Å²) in [4.78, 5) is 30.9. The molecule has 2 amide bonds. The van der Waals surface area contributed by atoms with E-state index < -0.39 is 5.91 Å². The van der Waals surface area contributed by atoms with Crippen molar-refractivity contribution in [3.05, 3.63) is 58.9 Å². The highest BCUT2D eigenvalue weighted by Gasteiger charge is 2.48. The molecule has 2 aliphatic rings. The Bertz CT molecular complexity index is 896. The van der Waals surface area contributed by atoms with Gasteiger partial charge >= 0.3 is 0 Å². The second kappa shape index (κ2) is 6.21. The molecule has 0 bridgehead atoms. The number of carbonyl (C=O) groups is 2. The normalized spacial score (nSPS) is 21.8. The maximum Gasteiger partial charge on any atom is 0.274 e. The fourth-order valence-corrected chi connectivity index (χ4v) is 4.25. The standard InChI is InChI=1S/C20H21N3O3/c1-13-5-8-21-12-17(13)23-9-7-20(19(23)25)6-4-14-10-15(18(24)22-26)2-3-16(14)11-20/h2-3,5,8,10,12,26H,4,6-7,9,11H2,1H3,(H,22,24). The van der Waals surface area contributed by atoms with Crippen molar-refractivity contribution in [2.75, 3.05) is 11.4 Å². The molecule has 1 spiro atoms. The molecular formula is C20H21N3O3. The van der Waals surface area contributed by atoms with Crippen LogP contribution < -0.4 is 10.4 Å². The van der Waals surface area contributed by atoms with Crippen LogP contribution in [0.15, 0.2) is 36.7 Å². The molecule has 1 unspecified atom stereocenters. The smallest absolute Gasteiger partial charge is 0.274 e. The van der Waals surface area contributed by atoms with E-state index in [0.717, 1.165) is 41.6 Å². The zero-order chi connectivity index (χ0) is 18.3. The Hall–Kier alpha value is -2.73. The van der Waals surface area contributed by atoms with Crippen molar-refractivity contribution in [1.82, 2.24) is 10.5 Å². The van der Waals surface area contributed by atoms with E-state index in [9.17, 15) is 9.59 Å². The molecule has 0 saturated carbocycles. The van der Waals surface area contributed by atoms with E-state index in [2.05, 4.69) is 4.98 Å². The van der Waals surface area contributed by atoms with Crippen LogP contribution in [0.4, 0.5) is 5.69 Å². The summed E-state index contributed by atoms with van der Waals surface area (Å²) in [6, 6.07) is 7.35. The third-order valence-electron chi connectivity index (χ3n) is 5.79. The number of aryl methyl sites for hydroxylation is 2. The molecule has 134 valence electrons. The van der Waals surface area contributed by atoms with Crippen LogP contribution in [0.1, 0.15) is 39.9 Å². The van der Waals surface area contributed by atoms with Crippen LogP contribution in [-0.2, 0) is 17.6 Å². The minimum absolute atomic E-state index is 0.177. The number of rotatable bonds is 2. The monoisotopic (exact) mass is 351 g/mol. The van der Waals surface area contributed by atoms with Crippen molar-refractivity contribution in [2.24, 2.45) is 5.41 Å². The number of hydroxylamine groups is 1. The fourth-order valence-electron chi connectivity index (χ4n) is 4.25. The average molecular weight is 351 g/mol. The van der Waals surface area contributed by atoms with Gasteiger partial charge in [-0.1, -0.05) is 6.07 Å². The summed E-state index contributed by atoms with van der Waals surface area (Å²) < 4.78 is 0. The Morgan fingerprint density at radius 3 is 2.88 bits per heavy atom. The number of nitrogens with zero attached hydrogens (tertiary/aromatic N) is 2. The van der Waals surface area contributed by atoms with Crippen LogP contribution >= 0.6 is 0 Å². The number of amides is 2. The lowest BCUT2D eigenvalue weighted by atomic mass is 9.70. The van der Waals surface area contributed by atoms with Gasteiger partial charge in [-0.2, -0.15) is 0 Å². The molecule has 0 radical (unpaired) electrons. The summed E-state index contributed by atoms with van der Waals surface area (Å²) in [5.41, 5.74) is 5.89. The first-order valence-electron chi connectivity index (χ1n) is 8.83. The molecule has 6 nitrogen and oxygen atoms in total. The van der Waals surface area contributed by atoms with Crippen molar-refractivity contribution >= 4 is 17.5 Å². The summed E-state index contributed by atoms with van der Waals surface area (Å²) in [7, 11) is 0. The number of pyridine rings is 1. The number of benzene rings is 1. The lowest BCUT2D eigenvalue weighted by Gasteiger charge is -2.33. The largest absolute Gasteiger partial charge is 0.310 e. The molecule has 2 N–H and O–H groups in total. The summed E-state index contributed by atoms with van der Waals surface area (Å²) in [6.07, 6.45) is 6.57. The van der Waals surface area contributed by atoms with Crippen LogP contribution in [0.25, 0.3) is 0 Å². The molecule has 2 heterocycles. The first-order chi connectivity index (χ1) is 12.5. The third-order valence-corrected chi connectivity index (χ3v) is 5.79. The number of anilines is 1. The Kier molecular flexibility index (Phi) is 4.00. The number of fused-ring (bicyclic) bond motifs is 1. The van der Waals surface area contributed by atoms with E-state index in [1.807, 2.05) is 30.0 Å². The van der Waals surface area contributed by atoms with E-state index in [-0.39, 0.29) is 11.3 Å². The van der Waals surface area contributed by atoms with Gasteiger partial charge in [-0.05, 0) is 67.5 Å². The Morgan fingerprint density at radius 2 is 2.12 bits per heavy atom. The Balaban J connectivity index is 1.61. The second-order valence-corrected chi connectivity index (χ2v) is 7.25. The molecule has 1 saturated heterocycles. The van der Waals surface area contributed by atoms with Gasteiger partial charge in [-0.25, -0.2) is 5.48 Å². The first-order valence-corrected chi connectivity index (χ1v) is 8.83. The van der Waals surface area contributed by atoms with Crippen molar-refractivity contribution in [2.45, 2.75) is 32.6 Å². The van der Waals surface area contributed by atoms with Gasteiger partial charge in [-0.3, -0.25) is 19.8 Å². The molecular weight excluding hydrogens is 330 g/mol. The van der Waals surface area contributed by atoms with Gasteiger partial charge in [0, 0.05) is 18.3 Å². The predicted octanol–water partition coefficient (Wildman–Crippen LogP) is 2.42. The summed E-state index contributed by atoms with van der Waals surface area (Å²) in [6.45, 7) is 2.71. The molecule has 4 rings (SSSR count). The Labute approximate surface area is 151 Å². The van der Waals surface area contributed by atoms with E-state index in [4.69, 9.17) is 5.21 Å². The van der Waals surface area contributed by atoms with Crippen LogP contribution in [0.2, 0.25) is 0 Å². The van der Waals surface area contributed by atoms with Crippen LogP contribution in [-0.4, -0.2) is 28.6 Å². The van der Waals surface area contributed by atoms with E-state index in [1.165, 1.54) is 0 Å². The van der Waals surface area contributed by atoms with Gasteiger partial charge < -0.3 is 4.90 Å². The Morgan fingerprint density at radius 1 is 1.27 bits per heavy atom. The summed E-state index contributed by atoms with van der Waals surface area (Å²) in [5, 5.41) is 8.80.